The average molecular weight is 396 g/mol. The Labute approximate surface area is 177 Å². The van der Waals surface area contributed by atoms with Crippen LogP contribution in [0.2, 0.25) is 0 Å². The molecule has 30 heavy (non-hydrogen) atoms. The standard InChI is InChI=1S/C26H25N3O/c1-17-13-14-18(2)24(15-17)29-25-16-22(21-11-7-8-12-23(21)28-25)26(30)27-19(3)20-9-5-4-6-10-20/h4-16,19H,1-3H3,(H,27,30)(H,28,29). The second kappa shape index (κ2) is 8.37. The largest absolute Gasteiger partial charge is 0.345 e. The molecule has 1 atom stereocenters. The number of aromatic nitrogens is 1. The van der Waals surface area contributed by atoms with Gasteiger partial charge in [-0.3, -0.25) is 4.79 Å². The van der Waals surface area contributed by atoms with Crippen LogP contribution >= 0.6 is 0 Å². The Bertz CT molecular complexity index is 1200. The first-order chi connectivity index (χ1) is 14.5. The third kappa shape index (κ3) is 4.18. The van der Waals surface area contributed by atoms with Crippen LogP contribution in [0.4, 0.5) is 11.5 Å². The predicted molar refractivity (Wildman–Crippen MR) is 123 cm³/mol. The fourth-order valence-corrected chi connectivity index (χ4v) is 3.54. The molecule has 1 aromatic heterocycles. The van der Waals surface area contributed by atoms with Crippen molar-refractivity contribution in [1.29, 1.82) is 0 Å². The molecule has 4 rings (SSSR count). The molecule has 0 fully saturated rings. The molecule has 1 unspecified atom stereocenters. The van der Waals surface area contributed by atoms with Crippen molar-refractivity contribution < 1.29 is 4.79 Å². The van der Waals surface area contributed by atoms with Gasteiger partial charge in [-0.25, -0.2) is 4.98 Å². The van der Waals surface area contributed by atoms with Gasteiger partial charge in [0.05, 0.1) is 17.1 Å². The number of hydrogen-bond donors (Lipinski definition) is 2. The molecule has 1 heterocycles. The smallest absolute Gasteiger partial charge is 0.252 e. The first-order valence-electron chi connectivity index (χ1n) is 10.1. The SMILES string of the molecule is Cc1ccc(C)c(Nc2cc(C(=O)NC(C)c3ccccc3)c3ccccc3n2)c1. The van der Waals surface area contributed by atoms with Crippen LogP contribution in [-0.4, -0.2) is 10.9 Å². The normalized spacial score (nSPS) is 11.8. The molecule has 0 aliphatic heterocycles. The van der Waals surface area contributed by atoms with E-state index in [4.69, 9.17) is 4.98 Å². The van der Waals surface area contributed by atoms with Crippen LogP contribution in [0.1, 0.15) is 40.0 Å². The van der Waals surface area contributed by atoms with Crippen LogP contribution < -0.4 is 10.6 Å². The van der Waals surface area contributed by atoms with Gasteiger partial charge in [-0.1, -0.05) is 60.7 Å². The van der Waals surface area contributed by atoms with Gasteiger partial charge in [0.1, 0.15) is 5.82 Å². The number of rotatable bonds is 5. The van der Waals surface area contributed by atoms with E-state index < -0.39 is 0 Å². The molecule has 2 N–H and O–H groups in total. The molecule has 0 saturated carbocycles. The van der Waals surface area contributed by atoms with Crippen molar-refractivity contribution in [2.75, 3.05) is 5.32 Å². The van der Waals surface area contributed by atoms with Crippen molar-refractivity contribution in [3.8, 4) is 0 Å². The Morgan fingerprint density at radius 1 is 0.900 bits per heavy atom. The lowest BCUT2D eigenvalue weighted by molar-refractivity contribution is 0.0941. The Kier molecular flexibility index (Phi) is 5.48. The lowest BCUT2D eigenvalue weighted by atomic mass is 10.1. The third-order valence-corrected chi connectivity index (χ3v) is 5.26. The minimum absolute atomic E-state index is 0.0962. The van der Waals surface area contributed by atoms with Gasteiger partial charge in [0.25, 0.3) is 5.91 Å². The third-order valence-electron chi connectivity index (χ3n) is 5.26. The molecule has 0 saturated heterocycles. The van der Waals surface area contributed by atoms with E-state index in [2.05, 4.69) is 42.7 Å². The van der Waals surface area contributed by atoms with Gasteiger partial charge in [-0.15, -0.1) is 0 Å². The molecule has 4 heteroatoms. The molecule has 4 nitrogen and oxygen atoms in total. The van der Waals surface area contributed by atoms with Gasteiger partial charge in [-0.05, 0) is 55.7 Å². The molecule has 4 aromatic rings. The van der Waals surface area contributed by atoms with E-state index in [0.29, 0.717) is 11.4 Å². The number of nitrogens with zero attached hydrogens (tertiary/aromatic N) is 1. The molecule has 0 aliphatic carbocycles. The van der Waals surface area contributed by atoms with Gasteiger partial charge >= 0.3 is 0 Å². The maximum atomic E-state index is 13.2. The number of anilines is 2. The summed E-state index contributed by atoms with van der Waals surface area (Å²) in [7, 11) is 0. The quantitative estimate of drug-likeness (QED) is 0.430. The number of hydrogen-bond acceptors (Lipinski definition) is 3. The maximum Gasteiger partial charge on any atom is 0.252 e. The number of aryl methyl sites for hydroxylation is 2. The van der Waals surface area contributed by atoms with Crippen LogP contribution in [0.3, 0.4) is 0 Å². The average Bonchev–Trinajstić information content (AvgIpc) is 2.76. The highest BCUT2D eigenvalue weighted by Crippen LogP contribution is 2.26. The van der Waals surface area contributed by atoms with Gasteiger partial charge < -0.3 is 10.6 Å². The molecule has 0 aliphatic rings. The molecule has 0 spiro atoms. The fraction of sp³-hybridized carbons (Fsp3) is 0.154. The summed E-state index contributed by atoms with van der Waals surface area (Å²) in [5, 5.41) is 7.35. The predicted octanol–water partition coefficient (Wildman–Crippen LogP) is 6.09. The van der Waals surface area contributed by atoms with Crippen molar-refractivity contribution in [3.05, 3.63) is 101 Å². The summed E-state index contributed by atoms with van der Waals surface area (Å²) >= 11 is 0. The van der Waals surface area contributed by atoms with E-state index in [-0.39, 0.29) is 11.9 Å². The molecule has 1 amide bonds. The number of pyridine rings is 1. The molecular formula is C26H25N3O. The summed E-state index contributed by atoms with van der Waals surface area (Å²) in [6.45, 7) is 6.10. The van der Waals surface area contributed by atoms with Gasteiger partial charge in [0.2, 0.25) is 0 Å². The highest BCUT2D eigenvalue weighted by atomic mass is 16.1. The van der Waals surface area contributed by atoms with Crippen LogP contribution in [0.15, 0.2) is 78.9 Å². The lowest BCUT2D eigenvalue weighted by Gasteiger charge is -2.17. The lowest BCUT2D eigenvalue weighted by Crippen LogP contribution is -2.27. The number of fused-ring (bicyclic) bond motifs is 1. The Balaban J connectivity index is 1.69. The highest BCUT2D eigenvalue weighted by Gasteiger charge is 2.16. The minimum atomic E-state index is -0.117. The summed E-state index contributed by atoms with van der Waals surface area (Å²) in [6.07, 6.45) is 0. The molecular weight excluding hydrogens is 370 g/mol. The van der Waals surface area contributed by atoms with E-state index in [0.717, 1.165) is 27.7 Å². The van der Waals surface area contributed by atoms with Crippen molar-refractivity contribution >= 4 is 28.3 Å². The zero-order valence-corrected chi connectivity index (χ0v) is 17.4. The van der Waals surface area contributed by atoms with E-state index >= 15 is 0 Å². The summed E-state index contributed by atoms with van der Waals surface area (Å²) < 4.78 is 0. The summed E-state index contributed by atoms with van der Waals surface area (Å²) in [5.74, 6) is 0.536. The monoisotopic (exact) mass is 395 g/mol. The topological polar surface area (TPSA) is 54.0 Å². The van der Waals surface area contributed by atoms with Crippen molar-refractivity contribution in [1.82, 2.24) is 10.3 Å². The van der Waals surface area contributed by atoms with Gasteiger partial charge in [0.15, 0.2) is 0 Å². The number of benzene rings is 3. The first-order valence-corrected chi connectivity index (χ1v) is 10.1. The van der Waals surface area contributed by atoms with E-state index in [9.17, 15) is 4.79 Å². The van der Waals surface area contributed by atoms with E-state index in [1.165, 1.54) is 5.56 Å². The van der Waals surface area contributed by atoms with Crippen LogP contribution in [-0.2, 0) is 0 Å². The Morgan fingerprint density at radius 2 is 1.63 bits per heavy atom. The minimum Gasteiger partial charge on any atom is -0.345 e. The van der Waals surface area contributed by atoms with Crippen molar-refractivity contribution in [2.24, 2.45) is 0 Å². The zero-order chi connectivity index (χ0) is 21.1. The number of carbonyl (C=O) groups excluding carboxylic acids is 1. The first kappa shape index (κ1) is 19.6. The van der Waals surface area contributed by atoms with Gasteiger partial charge in [0, 0.05) is 11.1 Å². The summed E-state index contributed by atoms with van der Waals surface area (Å²) in [6, 6.07) is 25.7. The van der Waals surface area contributed by atoms with Gasteiger partial charge in [-0.2, -0.15) is 0 Å². The molecule has 3 aromatic carbocycles. The fourth-order valence-electron chi connectivity index (χ4n) is 3.54. The second-order valence-corrected chi connectivity index (χ2v) is 7.62. The second-order valence-electron chi connectivity index (χ2n) is 7.62. The number of amides is 1. The maximum absolute atomic E-state index is 13.2. The van der Waals surface area contributed by atoms with E-state index in [1.807, 2.05) is 67.6 Å². The number of para-hydroxylation sites is 1. The number of nitrogens with one attached hydrogen (secondary N) is 2. The number of carbonyl (C=O) groups is 1. The van der Waals surface area contributed by atoms with Crippen molar-refractivity contribution in [3.63, 3.8) is 0 Å². The van der Waals surface area contributed by atoms with E-state index in [1.54, 1.807) is 0 Å². The summed E-state index contributed by atoms with van der Waals surface area (Å²) in [4.78, 5) is 17.9. The Morgan fingerprint density at radius 3 is 2.43 bits per heavy atom. The summed E-state index contributed by atoms with van der Waals surface area (Å²) in [5.41, 5.74) is 5.74. The highest BCUT2D eigenvalue weighted by molar-refractivity contribution is 6.07. The molecule has 0 radical (unpaired) electrons. The van der Waals surface area contributed by atoms with Crippen molar-refractivity contribution in [2.45, 2.75) is 26.8 Å². The van der Waals surface area contributed by atoms with Crippen LogP contribution in [0.25, 0.3) is 10.9 Å². The zero-order valence-electron chi connectivity index (χ0n) is 17.4. The van der Waals surface area contributed by atoms with Crippen LogP contribution in [0, 0.1) is 13.8 Å². The van der Waals surface area contributed by atoms with Crippen LogP contribution in [0.5, 0.6) is 0 Å². The Hall–Kier alpha value is -3.66. The molecule has 0 bridgehead atoms. The molecule has 150 valence electrons.